The van der Waals surface area contributed by atoms with Crippen molar-refractivity contribution in [1.82, 2.24) is 4.90 Å². The van der Waals surface area contributed by atoms with Gasteiger partial charge in [0.2, 0.25) is 5.78 Å². The van der Waals surface area contributed by atoms with Crippen molar-refractivity contribution in [3.8, 4) is 11.5 Å². The van der Waals surface area contributed by atoms with E-state index in [4.69, 9.17) is 9.47 Å². The molecule has 0 saturated heterocycles. The molecule has 0 spiro atoms. The number of aryl methyl sites for hydroxylation is 1. The lowest BCUT2D eigenvalue weighted by Gasteiger charge is -2.29. The lowest BCUT2D eigenvalue weighted by molar-refractivity contribution is -0.384. The van der Waals surface area contributed by atoms with Gasteiger partial charge < -0.3 is 9.47 Å². The van der Waals surface area contributed by atoms with Crippen LogP contribution in [0.25, 0.3) is 6.08 Å². The standard InChI is InChI=1S/C26H22N2O5/c29-25-21-12-13-23-22(16-27(17-32-23)14-4-7-18-5-2-1-3-6-18)26(21)33-24(25)15-19-8-10-20(11-9-19)28(30)31/h1-3,5-6,8-13,15H,4,7,14,16-17H2/b24-15-. The fourth-order valence-electron chi connectivity index (χ4n) is 4.14. The number of hydrogen-bond donors (Lipinski definition) is 0. The van der Waals surface area contributed by atoms with Gasteiger partial charge in [-0.2, -0.15) is 0 Å². The molecule has 7 heteroatoms. The summed E-state index contributed by atoms with van der Waals surface area (Å²) in [6.45, 7) is 2.02. The minimum atomic E-state index is -0.456. The molecular weight excluding hydrogens is 420 g/mol. The van der Waals surface area contributed by atoms with Crippen LogP contribution < -0.4 is 9.47 Å². The number of fused-ring (bicyclic) bond motifs is 3. The maximum absolute atomic E-state index is 12.9. The van der Waals surface area contributed by atoms with E-state index in [0.717, 1.165) is 30.7 Å². The van der Waals surface area contributed by atoms with Gasteiger partial charge in [-0.25, -0.2) is 0 Å². The van der Waals surface area contributed by atoms with Gasteiger partial charge in [0.1, 0.15) is 18.2 Å². The zero-order valence-electron chi connectivity index (χ0n) is 17.9. The number of carbonyl (C=O) groups excluding carboxylic acids is 1. The minimum absolute atomic E-state index is 0.00215. The number of allylic oxidation sites excluding steroid dienone is 1. The van der Waals surface area contributed by atoms with Gasteiger partial charge in [0.25, 0.3) is 5.69 Å². The van der Waals surface area contributed by atoms with Crippen LogP contribution in [0, 0.1) is 10.1 Å². The highest BCUT2D eigenvalue weighted by Gasteiger charge is 2.33. The fraction of sp³-hybridized carbons (Fsp3) is 0.192. The molecule has 33 heavy (non-hydrogen) atoms. The summed E-state index contributed by atoms with van der Waals surface area (Å²) in [5.74, 6) is 1.27. The van der Waals surface area contributed by atoms with E-state index in [0.29, 0.717) is 30.2 Å². The highest BCUT2D eigenvalue weighted by Crippen LogP contribution is 2.42. The van der Waals surface area contributed by atoms with E-state index < -0.39 is 4.92 Å². The normalized spacial score (nSPS) is 16.1. The second-order valence-electron chi connectivity index (χ2n) is 8.12. The Hall–Kier alpha value is -3.97. The number of ether oxygens (including phenoxy) is 2. The molecule has 0 aliphatic carbocycles. The quantitative estimate of drug-likeness (QED) is 0.304. The molecular formula is C26H22N2O5. The summed E-state index contributed by atoms with van der Waals surface area (Å²) in [4.78, 5) is 25.5. The van der Waals surface area contributed by atoms with Crippen LogP contribution in [0.3, 0.4) is 0 Å². The average Bonchev–Trinajstić information content (AvgIpc) is 3.15. The van der Waals surface area contributed by atoms with Gasteiger partial charge in [0.05, 0.1) is 16.1 Å². The van der Waals surface area contributed by atoms with Crippen molar-refractivity contribution < 1.29 is 19.2 Å². The summed E-state index contributed by atoms with van der Waals surface area (Å²) in [6.07, 6.45) is 3.61. The first-order valence-electron chi connectivity index (χ1n) is 10.8. The first kappa shape index (κ1) is 20.9. The Morgan fingerprint density at radius 3 is 2.58 bits per heavy atom. The van der Waals surface area contributed by atoms with E-state index in [1.807, 2.05) is 12.1 Å². The number of hydrogen-bond acceptors (Lipinski definition) is 6. The van der Waals surface area contributed by atoms with Crippen LogP contribution in [-0.4, -0.2) is 28.9 Å². The first-order chi connectivity index (χ1) is 16.1. The summed E-state index contributed by atoms with van der Waals surface area (Å²) in [5.41, 5.74) is 3.35. The molecule has 5 rings (SSSR count). The predicted octanol–water partition coefficient (Wildman–Crippen LogP) is 5.00. The number of rotatable bonds is 6. The number of nitro benzene ring substituents is 1. The Morgan fingerprint density at radius 1 is 1.03 bits per heavy atom. The van der Waals surface area contributed by atoms with Crippen LogP contribution in [0.5, 0.6) is 11.5 Å². The number of nitro groups is 1. The lowest BCUT2D eigenvalue weighted by Crippen LogP contribution is -2.33. The topological polar surface area (TPSA) is 81.9 Å². The Labute approximate surface area is 191 Å². The van der Waals surface area contributed by atoms with E-state index in [-0.39, 0.29) is 17.2 Å². The minimum Gasteiger partial charge on any atom is -0.478 e. The van der Waals surface area contributed by atoms with Crippen molar-refractivity contribution in [3.63, 3.8) is 0 Å². The smallest absolute Gasteiger partial charge is 0.269 e. The van der Waals surface area contributed by atoms with Crippen LogP contribution in [0.4, 0.5) is 5.69 Å². The van der Waals surface area contributed by atoms with Crippen molar-refractivity contribution in [2.75, 3.05) is 13.3 Å². The molecule has 2 heterocycles. The number of benzene rings is 3. The monoisotopic (exact) mass is 442 g/mol. The van der Waals surface area contributed by atoms with E-state index >= 15 is 0 Å². The molecule has 0 aromatic heterocycles. The van der Waals surface area contributed by atoms with Gasteiger partial charge in [0.15, 0.2) is 5.76 Å². The molecule has 0 fully saturated rings. The van der Waals surface area contributed by atoms with Crippen molar-refractivity contribution in [3.05, 3.63) is 105 Å². The molecule has 0 bridgehead atoms. The van der Waals surface area contributed by atoms with Crippen molar-refractivity contribution in [2.24, 2.45) is 0 Å². The van der Waals surface area contributed by atoms with E-state index in [2.05, 4.69) is 29.2 Å². The van der Waals surface area contributed by atoms with Gasteiger partial charge in [0, 0.05) is 25.2 Å². The zero-order valence-corrected chi connectivity index (χ0v) is 17.9. The van der Waals surface area contributed by atoms with Gasteiger partial charge >= 0.3 is 0 Å². The van der Waals surface area contributed by atoms with E-state index in [9.17, 15) is 14.9 Å². The Bertz CT molecular complexity index is 1240. The molecule has 0 N–H and O–H groups in total. The Balaban J connectivity index is 1.31. The maximum Gasteiger partial charge on any atom is 0.269 e. The number of nitrogens with zero attached hydrogens (tertiary/aromatic N) is 2. The molecule has 0 unspecified atom stereocenters. The average molecular weight is 442 g/mol. The summed E-state index contributed by atoms with van der Waals surface area (Å²) in [5, 5.41) is 10.9. The van der Waals surface area contributed by atoms with Gasteiger partial charge in [-0.1, -0.05) is 30.3 Å². The summed E-state index contributed by atoms with van der Waals surface area (Å²) in [7, 11) is 0. The molecule has 2 aliphatic rings. The van der Waals surface area contributed by atoms with Crippen molar-refractivity contribution in [1.29, 1.82) is 0 Å². The van der Waals surface area contributed by atoms with Crippen molar-refractivity contribution in [2.45, 2.75) is 19.4 Å². The highest BCUT2D eigenvalue weighted by atomic mass is 16.6. The predicted molar refractivity (Wildman–Crippen MR) is 123 cm³/mol. The zero-order chi connectivity index (χ0) is 22.8. The third kappa shape index (κ3) is 4.36. The highest BCUT2D eigenvalue weighted by molar-refractivity contribution is 6.15. The molecule has 0 saturated carbocycles. The number of Topliss-reactive ketones (excluding diaryl/α,β-unsaturated/α-hetero) is 1. The number of ketones is 1. The summed E-state index contributed by atoms with van der Waals surface area (Å²) < 4.78 is 11.9. The molecule has 0 amide bonds. The second kappa shape index (κ2) is 8.88. The molecule has 0 radical (unpaired) electrons. The van der Waals surface area contributed by atoms with Crippen LogP contribution in [0.2, 0.25) is 0 Å². The van der Waals surface area contributed by atoms with E-state index in [1.54, 1.807) is 24.3 Å². The Morgan fingerprint density at radius 2 is 1.82 bits per heavy atom. The van der Waals surface area contributed by atoms with Crippen LogP contribution >= 0.6 is 0 Å². The second-order valence-corrected chi connectivity index (χ2v) is 8.12. The van der Waals surface area contributed by atoms with Gasteiger partial charge in [-0.05, 0) is 54.3 Å². The summed E-state index contributed by atoms with van der Waals surface area (Å²) >= 11 is 0. The molecule has 3 aromatic carbocycles. The van der Waals surface area contributed by atoms with Gasteiger partial charge in [-0.15, -0.1) is 0 Å². The maximum atomic E-state index is 12.9. The van der Waals surface area contributed by atoms with E-state index in [1.165, 1.54) is 17.7 Å². The molecule has 3 aromatic rings. The number of non-ortho nitro benzene ring substituents is 1. The third-order valence-corrected chi connectivity index (χ3v) is 5.87. The van der Waals surface area contributed by atoms with Crippen LogP contribution in [0.1, 0.15) is 33.5 Å². The number of carbonyl (C=O) groups is 1. The molecule has 166 valence electrons. The molecule has 0 atom stereocenters. The lowest BCUT2D eigenvalue weighted by atomic mass is 10.0. The molecule has 2 aliphatic heterocycles. The molecule has 7 nitrogen and oxygen atoms in total. The fourth-order valence-corrected chi connectivity index (χ4v) is 4.14. The van der Waals surface area contributed by atoms with Crippen LogP contribution in [-0.2, 0) is 13.0 Å². The van der Waals surface area contributed by atoms with Crippen molar-refractivity contribution >= 4 is 17.5 Å². The third-order valence-electron chi connectivity index (χ3n) is 5.87. The van der Waals surface area contributed by atoms with Crippen LogP contribution in [0.15, 0.2) is 72.5 Å². The summed E-state index contributed by atoms with van der Waals surface area (Å²) in [6, 6.07) is 19.9. The van der Waals surface area contributed by atoms with Gasteiger partial charge in [-0.3, -0.25) is 19.8 Å². The SMILES string of the molecule is O=C1/C(=C/c2ccc([N+](=O)[O-])cc2)Oc2c1ccc1c2CN(CCCc2ccccc2)CO1. The first-order valence-corrected chi connectivity index (χ1v) is 10.8. The largest absolute Gasteiger partial charge is 0.478 e. The Kier molecular flexibility index (Phi) is 5.62.